The Bertz CT molecular complexity index is 751. The van der Waals surface area contributed by atoms with Gasteiger partial charge in [0, 0.05) is 6.20 Å². The second-order valence-electron chi connectivity index (χ2n) is 3.99. The van der Waals surface area contributed by atoms with Gasteiger partial charge < -0.3 is 18.8 Å². The molecule has 8 heteroatoms. The van der Waals surface area contributed by atoms with E-state index in [0.717, 1.165) is 0 Å². The molecule has 0 aromatic carbocycles. The van der Waals surface area contributed by atoms with Crippen LogP contribution in [0.2, 0.25) is 0 Å². The highest BCUT2D eigenvalue weighted by Crippen LogP contribution is 2.17. The first-order valence-corrected chi connectivity index (χ1v) is 5.90. The minimum absolute atomic E-state index is 0.00153. The number of hydrogen-bond donors (Lipinski definition) is 1. The number of hydrogen-bond acceptors (Lipinski definition) is 7. The van der Waals surface area contributed by atoms with Gasteiger partial charge in [-0.15, -0.1) is 0 Å². The van der Waals surface area contributed by atoms with Gasteiger partial charge in [0.05, 0.1) is 18.0 Å². The number of ether oxygens (including phenoxy) is 1. The summed E-state index contributed by atoms with van der Waals surface area (Å²) in [7, 11) is 0. The van der Waals surface area contributed by atoms with Crippen LogP contribution in [0.5, 0.6) is 5.75 Å². The molecule has 0 radical (unpaired) electrons. The van der Waals surface area contributed by atoms with Crippen molar-refractivity contribution in [3.05, 3.63) is 48.3 Å². The summed E-state index contributed by atoms with van der Waals surface area (Å²) in [5.74, 6) is 0.260. The number of pyridine rings is 1. The van der Waals surface area contributed by atoms with E-state index in [2.05, 4.69) is 15.1 Å². The van der Waals surface area contributed by atoms with E-state index < -0.39 is 5.97 Å². The molecule has 3 heterocycles. The monoisotopic (exact) mass is 287 g/mol. The predicted molar refractivity (Wildman–Crippen MR) is 67.5 cm³/mol. The molecule has 3 aromatic heterocycles. The lowest BCUT2D eigenvalue weighted by Crippen LogP contribution is -2.00. The van der Waals surface area contributed by atoms with E-state index in [4.69, 9.17) is 18.8 Å². The van der Waals surface area contributed by atoms with Crippen LogP contribution in [-0.4, -0.2) is 26.2 Å². The fourth-order valence-electron chi connectivity index (χ4n) is 1.58. The molecule has 0 saturated carbocycles. The van der Waals surface area contributed by atoms with Crippen LogP contribution in [0.15, 0.2) is 45.8 Å². The van der Waals surface area contributed by atoms with Crippen LogP contribution >= 0.6 is 0 Å². The number of aromatic carboxylic acids is 1. The third kappa shape index (κ3) is 2.89. The zero-order valence-corrected chi connectivity index (χ0v) is 10.6. The van der Waals surface area contributed by atoms with Gasteiger partial charge in [0.1, 0.15) is 5.75 Å². The molecule has 0 aliphatic carbocycles. The summed E-state index contributed by atoms with van der Waals surface area (Å²) >= 11 is 0. The van der Waals surface area contributed by atoms with Crippen molar-refractivity contribution in [3.63, 3.8) is 0 Å². The van der Waals surface area contributed by atoms with Crippen molar-refractivity contribution < 1.29 is 23.6 Å². The van der Waals surface area contributed by atoms with E-state index in [-0.39, 0.29) is 18.1 Å². The van der Waals surface area contributed by atoms with Crippen LogP contribution in [0.25, 0.3) is 11.6 Å². The van der Waals surface area contributed by atoms with Gasteiger partial charge in [-0.3, -0.25) is 4.98 Å². The number of aromatic nitrogens is 3. The molecule has 21 heavy (non-hydrogen) atoms. The van der Waals surface area contributed by atoms with Crippen LogP contribution in [0.1, 0.15) is 16.2 Å². The highest BCUT2D eigenvalue weighted by Gasteiger charge is 2.12. The van der Waals surface area contributed by atoms with Crippen molar-refractivity contribution in [2.75, 3.05) is 0 Å². The number of rotatable bonds is 5. The highest BCUT2D eigenvalue weighted by atomic mass is 16.5. The molecule has 0 saturated heterocycles. The second-order valence-corrected chi connectivity index (χ2v) is 3.99. The van der Waals surface area contributed by atoms with E-state index in [1.807, 2.05) is 0 Å². The molecule has 0 aliphatic rings. The standard InChI is InChI=1S/C13H9N3O5/c17-13(18)8-4-9(6-14-5-8)20-7-11-15-12(16-21-11)10-2-1-3-19-10/h1-6H,7H2,(H,17,18). The van der Waals surface area contributed by atoms with Gasteiger partial charge in [0.25, 0.3) is 5.89 Å². The summed E-state index contributed by atoms with van der Waals surface area (Å²) in [5, 5.41) is 12.6. The van der Waals surface area contributed by atoms with Gasteiger partial charge in [-0.2, -0.15) is 4.98 Å². The Morgan fingerprint density at radius 1 is 1.38 bits per heavy atom. The molecule has 1 N–H and O–H groups in total. The number of furan rings is 1. The van der Waals surface area contributed by atoms with Gasteiger partial charge in [-0.25, -0.2) is 4.79 Å². The zero-order valence-electron chi connectivity index (χ0n) is 10.6. The Balaban J connectivity index is 1.68. The highest BCUT2D eigenvalue weighted by molar-refractivity contribution is 5.87. The summed E-state index contributed by atoms with van der Waals surface area (Å²) in [4.78, 5) is 18.7. The second kappa shape index (κ2) is 5.45. The summed E-state index contributed by atoms with van der Waals surface area (Å²) in [5.41, 5.74) is 0.0364. The van der Waals surface area contributed by atoms with Crippen molar-refractivity contribution in [2.45, 2.75) is 6.61 Å². The molecule has 0 fully saturated rings. The van der Waals surface area contributed by atoms with Crippen LogP contribution in [0, 0.1) is 0 Å². The lowest BCUT2D eigenvalue weighted by Gasteiger charge is -2.02. The molecule has 0 amide bonds. The molecule has 0 aliphatic heterocycles. The van der Waals surface area contributed by atoms with Crippen molar-refractivity contribution in [3.8, 4) is 17.3 Å². The topological polar surface area (TPSA) is 111 Å². The molecule has 106 valence electrons. The maximum atomic E-state index is 10.8. The van der Waals surface area contributed by atoms with E-state index in [9.17, 15) is 4.79 Å². The maximum Gasteiger partial charge on any atom is 0.337 e. The smallest absolute Gasteiger partial charge is 0.337 e. The number of carbonyl (C=O) groups is 1. The summed E-state index contributed by atoms with van der Waals surface area (Å²) in [6.45, 7) is -0.00153. The molecular weight excluding hydrogens is 278 g/mol. The Hall–Kier alpha value is -3.16. The first-order valence-electron chi connectivity index (χ1n) is 5.90. The van der Waals surface area contributed by atoms with E-state index in [1.54, 1.807) is 12.1 Å². The average molecular weight is 287 g/mol. The number of carboxylic acids is 1. The summed E-state index contributed by atoms with van der Waals surface area (Å²) in [6, 6.07) is 4.78. The molecule has 0 spiro atoms. The average Bonchev–Trinajstić information content (AvgIpc) is 3.16. The Morgan fingerprint density at radius 2 is 2.29 bits per heavy atom. The third-order valence-electron chi connectivity index (χ3n) is 2.53. The minimum atomic E-state index is -1.08. The maximum absolute atomic E-state index is 10.8. The number of nitrogens with zero attached hydrogens (tertiary/aromatic N) is 3. The van der Waals surface area contributed by atoms with Gasteiger partial charge in [0.15, 0.2) is 12.4 Å². The largest absolute Gasteiger partial charge is 0.482 e. The van der Waals surface area contributed by atoms with Gasteiger partial charge in [-0.05, 0) is 18.2 Å². The molecule has 0 atom stereocenters. The van der Waals surface area contributed by atoms with Crippen molar-refractivity contribution in [1.29, 1.82) is 0 Å². The fraction of sp³-hybridized carbons (Fsp3) is 0.0769. The first kappa shape index (κ1) is 12.9. The molecule has 3 aromatic rings. The SMILES string of the molecule is O=C(O)c1cncc(OCc2nc(-c3ccco3)no2)c1. The Morgan fingerprint density at radius 3 is 3.05 bits per heavy atom. The van der Waals surface area contributed by atoms with Crippen molar-refractivity contribution in [2.24, 2.45) is 0 Å². The lowest BCUT2D eigenvalue weighted by molar-refractivity contribution is 0.0696. The Kier molecular flexibility index (Phi) is 3.34. The zero-order chi connectivity index (χ0) is 14.7. The molecule has 0 bridgehead atoms. The number of carboxylic acid groups (broad SMARTS) is 1. The van der Waals surface area contributed by atoms with Crippen LogP contribution < -0.4 is 4.74 Å². The first-order chi connectivity index (χ1) is 10.2. The quantitative estimate of drug-likeness (QED) is 0.758. The van der Waals surface area contributed by atoms with Gasteiger partial charge in [0.2, 0.25) is 5.82 Å². The van der Waals surface area contributed by atoms with E-state index >= 15 is 0 Å². The molecule has 8 nitrogen and oxygen atoms in total. The lowest BCUT2D eigenvalue weighted by atomic mass is 10.3. The van der Waals surface area contributed by atoms with Crippen LogP contribution in [0.3, 0.4) is 0 Å². The summed E-state index contributed by atoms with van der Waals surface area (Å²) in [6.07, 6.45) is 4.14. The van der Waals surface area contributed by atoms with Gasteiger partial charge in [-0.1, -0.05) is 5.16 Å². The molecule has 3 rings (SSSR count). The fourth-order valence-corrected chi connectivity index (χ4v) is 1.58. The summed E-state index contributed by atoms with van der Waals surface area (Å²) < 4.78 is 15.5. The van der Waals surface area contributed by atoms with Crippen molar-refractivity contribution in [1.82, 2.24) is 15.1 Å². The van der Waals surface area contributed by atoms with Crippen LogP contribution in [0.4, 0.5) is 0 Å². The van der Waals surface area contributed by atoms with Crippen LogP contribution in [-0.2, 0) is 6.61 Å². The molecule has 0 unspecified atom stereocenters. The van der Waals surface area contributed by atoms with E-state index in [0.29, 0.717) is 17.3 Å². The molecular formula is C13H9N3O5. The predicted octanol–water partition coefficient (Wildman–Crippen LogP) is 2.00. The normalized spacial score (nSPS) is 10.5. The minimum Gasteiger partial charge on any atom is -0.482 e. The van der Waals surface area contributed by atoms with Crippen molar-refractivity contribution >= 4 is 5.97 Å². The van der Waals surface area contributed by atoms with Gasteiger partial charge >= 0.3 is 5.97 Å². The Labute approximate surface area is 118 Å². The third-order valence-corrected chi connectivity index (χ3v) is 2.53. The van der Waals surface area contributed by atoms with E-state index in [1.165, 1.54) is 24.7 Å².